The Bertz CT molecular complexity index is 220. The molecule has 0 aromatic heterocycles. The van der Waals surface area contributed by atoms with Gasteiger partial charge < -0.3 is 0 Å². The second-order valence-corrected chi connectivity index (χ2v) is 3.54. The Hall–Kier alpha value is -0.130. The van der Waals surface area contributed by atoms with Crippen LogP contribution in [0.25, 0.3) is 0 Å². The van der Waals surface area contributed by atoms with Crippen molar-refractivity contribution in [1.29, 1.82) is 0 Å². The Morgan fingerprint density at radius 3 is 2.42 bits per heavy atom. The molecule has 0 heterocycles. The Kier molecular flexibility index (Phi) is 4.57. The Balaban J connectivity index is 2.37. The van der Waals surface area contributed by atoms with E-state index >= 15 is 0 Å². The number of halogens is 1. The first-order chi connectivity index (χ1) is 5.83. The van der Waals surface area contributed by atoms with Gasteiger partial charge in [0.2, 0.25) is 0 Å². The quantitative estimate of drug-likeness (QED) is 0.365. The Morgan fingerprint density at radius 2 is 1.83 bits per heavy atom. The molecule has 12 heavy (non-hydrogen) atoms. The molecule has 0 unspecified atom stereocenters. The first kappa shape index (κ1) is 9.95. The van der Waals surface area contributed by atoms with Crippen molar-refractivity contribution in [2.75, 3.05) is 6.61 Å². The van der Waals surface area contributed by atoms with Crippen LogP contribution in [0.4, 0.5) is 0 Å². The fourth-order valence-electron chi connectivity index (χ4n) is 0.774. The molecule has 0 saturated carbocycles. The van der Waals surface area contributed by atoms with E-state index in [9.17, 15) is 0 Å². The molecule has 0 aliphatic rings. The van der Waals surface area contributed by atoms with Crippen molar-refractivity contribution >= 4 is 22.6 Å². The zero-order chi connectivity index (χ0) is 8.81. The number of hydrogen-bond acceptors (Lipinski definition) is 2. The maximum Gasteiger partial charge on any atom is 0.107 e. The lowest BCUT2D eigenvalue weighted by Crippen LogP contribution is -1.94. The highest BCUT2D eigenvalue weighted by Gasteiger charge is 1.92. The summed E-state index contributed by atoms with van der Waals surface area (Å²) in [4.78, 5) is 9.67. The van der Waals surface area contributed by atoms with Crippen LogP contribution in [0.15, 0.2) is 24.3 Å². The van der Waals surface area contributed by atoms with Crippen LogP contribution >= 0.6 is 22.6 Å². The van der Waals surface area contributed by atoms with Crippen molar-refractivity contribution in [3.8, 4) is 0 Å². The predicted octanol–water partition coefficient (Wildman–Crippen LogP) is 2.76. The normalized spacial score (nSPS) is 10.2. The van der Waals surface area contributed by atoms with Gasteiger partial charge in [0.05, 0.1) is 6.61 Å². The monoisotopic (exact) mass is 278 g/mol. The van der Waals surface area contributed by atoms with Gasteiger partial charge in [0, 0.05) is 3.57 Å². The molecule has 0 fully saturated rings. The number of rotatable bonds is 4. The zero-order valence-corrected chi connectivity index (χ0v) is 9.08. The lowest BCUT2D eigenvalue weighted by Gasteiger charge is -2.01. The fraction of sp³-hybridized carbons (Fsp3) is 0.333. The van der Waals surface area contributed by atoms with Gasteiger partial charge in [-0.2, -0.15) is 0 Å². The van der Waals surface area contributed by atoms with Crippen molar-refractivity contribution in [2.45, 2.75) is 13.5 Å². The van der Waals surface area contributed by atoms with E-state index in [1.807, 2.05) is 31.2 Å². The smallest absolute Gasteiger partial charge is 0.107 e. The van der Waals surface area contributed by atoms with Crippen LogP contribution < -0.4 is 0 Å². The van der Waals surface area contributed by atoms with Crippen molar-refractivity contribution in [1.82, 2.24) is 0 Å². The molecule has 1 rings (SSSR count). The third kappa shape index (κ3) is 3.51. The van der Waals surface area contributed by atoms with Crippen LogP contribution in [0.3, 0.4) is 0 Å². The first-order valence-corrected chi connectivity index (χ1v) is 4.89. The second-order valence-electron chi connectivity index (χ2n) is 2.30. The summed E-state index contributed by atoms with van der Waals surface area (Å²) in [6.45, 7) is 3.00. The second kappa shape index (κ2) is 5.50. The molecule has 2 nitrogen and oxygen atoms in total. The van der Waals surface area contributed by atoms with Gasteiger partial charge in [0.25, 0.3) is 0 Å². The van der Waals surface area contributed by atoms with Crippen LogP contribution in [-0.2, 0) is 16.4 Å². The summed E-state index contributed by atoms with van der Waals surface area (Å²) in [5, 5.41) is 0. The average Bonchev–Trinajstić information content (AvgIpc) is 2.09. The molecular weight excluding hydrogens is 267 g/mol. The molecule has 0 atom stereocenters. The molecule has 0 bridgehead atoms. The summed E-state index contributed by atoms with van der Waals surface area (Å²) in [6.07, 6.45) is 0. The van der Waals surface area contributed by atoms with Gasteiger partial charge in [0.1, 0.15) is 6.61 Å². The molecule has 0 radical (unpaired) electrons. The molecular formula is C9H11IO2. The minimum absolute atomic E-state index is 0.519. The van der Waals surface area contributed by atoms with Gasteiger partial charge >= 0.3 is 0 Å². The highest BCUT2D eigenvalue weighted by atomic mass is 127. The van der Waals surface area contributed by atoms with Crippen LogP contribution in [-0.4, -0.2) is 6.61 Å². The van der Waals surface area contributed by atoms with E-state index in [0.717, 1.165) is 5.56 Å². The van der Waals surface area contributed by atoms with Crippen molar-refractivity contribution in [3.05, 3.63) is 33.4 Å². The van der Waals surface area contributed by atoms with Crippen molar-refractivity contribution < 1.29 is 9.78 Å². The van der Waals surface area contributed by atoms with E-state index in [2.05, 4.69) is 22.6 Å². The molecule has 0 aliphatic carbocycles. The van der Waals surface area contributed by atoms with Gasteiger partial charge in [-0.3, -0.25) is 0 Å². The van der Waals surface area contributed by atoms with Gasteiger partial charge in [-0.15, -0.1) is 0 Å². The van der Waals surface area contributed by atoms with E-state index in [1.54, 1.807) is 0 Å². The fourth-order valence-corrected chi connectivity index (χ4v) is 1.13. The summed E-state index contributed by atoms with van der Waals surface area (Å²) in [6, 6.07) is 8.15. The molecule has 1 aromatic carbocycles. The maximum absolute atomic E-state index is 4.91. The summed E-state index contributed by atoms with van der Waals surface area (Å²) in [5.41, 5.74) is 1.13. The topological polar surface area (TPSA) is 18.5 Å². The average molecular weight is 278 g/mol. The minimum Gasteiger partial charge on any atom is -0.237 e. The van der Waals surface area contributed by atoms with Crippen LogP contribution in [0, 0.1) is 3.57 Å². The van der Waals surface area contributed by atoms with E-state index in [4.69, 9.17) is 9.78 Å². The standard InChI is InChI=1S/C9H11IO2/c1-2-11-12-7-8-3-5-9(10)6-4-8/h3-6H,2,7H2,1H3. The molecule has 0 N–H and O–H groups in total. The Labute approximate surface area is 85.9 Å². The van der Waals surface area contributed by atoms with E-state index in [1.165, 1.54) is 3.57 Å². The zero-order valence-electron chi connectivity index (χ0n) is 6.92. The van der Waals surface area contributed by atoms with Crippen LogP contribution in [0.2, 0.25) is 0 Å². The summed E-state index contributed by atoms with van der Waals surface area (Å²) in [5.74, 6) is 0. The first-order valence-electron chi connectivity index (χ1n) is 3.82. The van der Waals surface area contributed by atoms with E-state index < -0.39 is 0 Å². The predicted molar refractivity (Wildman–Crippen MR) is 55.6 cm³/mol. The minimum atomic E-state index is 0.519. The summed E-state index contributed by atoms with van der Waals surface area (Å²) < 4.78 is 1.23. The Morgan fingerprint density at radius 1 is 1.17 bits per heavy atom. The van der Waals surface area contributed by atoms with Crippen molar-refractivity contribution in [3.63, 3.8) is 0 Å². The van der Waals surface area contributed by atoms with E-state index in [0.29, 0.717) is 13.2 Å². The lowest BCUT2D eigenvalue weighted by molar-refractivity contribution is -0.300. The van der Waals surface area contributed by atoms with Gasteiger partial charge in [0.15, 0.2) is 0 Å². The summed E-state index contributed by atoms with van der Waals surface area (Å²) in [7, 11) is 0. The van der Waals surface area contributed by atoms with Gasteiger partial charge in [-0.25, -0.2) is 9.78 Å². The molecule has 0 spiro atoms. The third-order valence-electron chi connectivity index (χ3n) is 1.34. The SMILES string of the molecule is CCOOCc1ccc(I)cc1. The maximum atomic E-state index is 4.91. The van der Waals surface area contributed by atoms with Crippen LogP contribution in [0.5, 0.6) is 0 Å². The molecule has 0 amide bonds. The van der Waals surface area contributed by atoms with Gasteiger partial charge in [-0.05, 0) is 47.2 Å². The lowest BCUT2D eigenvalue weighted by atomic mass is 10.2. The highest BCUT2D eigenvalue weighted by Crippen LogP contribution is 2.07. The van der Waals surface area contributed by atoms with Gasteiger partial charge in [-0.1, -0.05) is 12.1 Å². The molecule has 66 valence electrons. The van der Waals surface area contributed by atoms with Crippen LogP contribution in [0.1, 0.15) is 12.5 Å². The van der Waals surface area contributed by atoms with Crippen molar-refractivity contribution in [2.24, 2.45) is 0 Å². The van der Waals surface area contributed by atoms with E-state index in [-0.39, 0.29) is 0 Å². The highest BCUT2D eigenvalue weighted by molar-refractivity contribution is 14.1. The largest absolute Gasteiger partial charge is 0.237 e. The molecule has 0 saturated heterocycles. The molecule has 3 heteroatoms. The third-order valence-corrected chi connectivity index (χ3v) is 2.06. The number of benzene rings is 1. The summed E-state index contributed by atoms with van der Waals surface area (Å²) >= 11 is 2.27. The molecule has 1 aromatic rings. The molecule has 0 aliphatic heterocycles. The number of hydrogen-bond donors (Lipinski definition) is 0.